The molecule has 76 valence electrons. The molecule has 0 saturated heterocycles. The normalized spacial score (nSPS) is 10.0. The van der Waals surface area contributed by atoms with E-state index in [1.54, 1.807) is 0 Å². The molecule has 14 heavy (non-hydrogen) atoms. The molecule has 0 radical (unpaired) electrons. The summed E-state index contributed by atoms with van der Waals surface area (Å²) in [6.07, 6.45) is 0. The fraction of sp³-hybridized carbons (Fsp3) is 0.200. The van der Waals surface area contributed by atoms with E-state index < -0.39 is 5.82 Å². The van der Waals surface area contributed by atoms with Crippen molar-refractivity contribution >= 4 is 28.9 Å². The van der Waals surface area contributed by atoms with Crippen LogP contribution in [0.25, 0.3) is 0 Å². The summed E-state index contributed by atoms with van der Waals surface area (Å²) in [5.74, 6) is -0.444. The SMILES string of the molecule is C=C(C)CNc1c(Cl)cc(F)cc1Cl. The minimum absolute atomic E-state index is 0.274. The van der Waals surface area contributed by atoms with E-state index in [-0.39, 0.29) is 10.0 Å². The largest absolute Gasteiger partial charge is 0.379 e. The summed E-state index contributed by atoms with van der Waals surface area (Å²) in [6.45, 7) is 6.16. The van der Waals surface area contributed by atoms with Gasteiger partial charge in [0.25, 0.3) is 0 Å². The lowest BCUT2D eigenvalue weighted by Gasteiger charge is -2.10. The maximum atomic E-state index is 12.8. The van der Waals surface area contributed by atoms with Crippen molar-refractivity contribution < 1.29 is 4.39 Å². The van der Waals surface area contributed by atoms with Crippen LogP contribution < -0.4 is 5.32 Å². The van der Waals surface area contributed by atoms with Crippen molar-refractivity contribution in [3.63, 3.8) is 0 Å². The van der Waals surface area contributed by atoms with Crippen molar-refractivity contribution in [1.29, 1.82) is 0 Å². The summed E-state index contributed by atoms with van der Waals surface area (Å²) in [7, 11) is 0. The first-order valence-electron chi connectivity index (χ1n) is 4.03. The smallest absolute Gasteiger partial charge is 0.126 e. The maximum Gasteiger partial charge on any atom is 0.126 e. The highest BCUT2D eigenvalue weighted by atomic mass is 35.5. The Balaban J connectivity index is 2.91. The minimum Gasteiger partial charge on any atom is -0.379 e. The van der Waals surface area contributed by atoms with E-state index >= 15 is 0 Å². The molecule has 0 aliphatic heterocycles. The van der Waals surface area contributed by atoms with Crippen LogP contribution in [-0.4, -0.2) is 6.54 Å². The molecular weight excluding hydrogens is 224 g/mol. The zero-order chi connectivity index (χ0) is 10.7. The van der Waals surface area contributed by atoms with Gasteiger partial charge < -0.3 is 5.32 Å². The molecule has 1 aromatic carbocycles. The zero-order valence-electron chi connectivity index (χ0n) is 7.70. The van der Waals surface area contributed by atoms with Gasteiger partial charge in [-0.25, -0.2) is 4.39 Å². The van der Waals surface area contributed by atoms with Crippen LogP contribution in [0.3, 0.4) is 0 Å². The van der Waals surface area contributed by atoms with E-state index in [0.717, 1.165) is 5.57 Å². The average molecular weight is 234 g/mol. The van der Waals surface area contributed by atoms with Gasteiger partial charge in [-0.15, -0.1) is 0 Å². The fourth-order valence-corrected chi connectivity index (χ4v) is 1.54. The quantitative estimate of drug-likeness (QED) is 0.775. The Morgan fingerprint density at radius 2 is 1.93 bits per heavy atom. The van der Waals surface area contributed by atoms with E-state index in [4.69, 9.17) is 23.2 Å². The molecule has 0 heterocycles. The molecule has 0 atom stereocenters. The predicted molar refractivity (Wildman–Crippen MR) is 59.7 cm³/mol. The molecule has 1 N–H and O–H groups in total. The highest BCUT2D eigenvalue weighted by molar-refractivity contribution is 6.39. The number of benzene rings is 1. The summed E-state index contributed by atoms with van der Waals surface area (Å²) in [4.78, 5) is 0. The molecule has 0 saturated carbocycles. The summed E-state index contributed by atoms with van der Waals surface area (Å²) < 4.78 is 12.8. The summed E-state index contributed by atoms with van der Waals surface area (Å²) in [6, 6.07) is 2.43. The van der Waals surface area contributed by atoms with Crippen LogP contribution in [0.15, 0.2) is 24.3 Å². The van der Waals surface area contributed by atoms with Gasteiger partial charge in [0.05, 0.1) is 15.7 Å². The monoisotopic (exact) mass is 233 g/mol. The third kappa shape index (κ3) is 2.89. The van der Waals surface area contributed by atoms with Crippen LogP contribution in [0.2, 0.25) is 10.0 Å². The third-order valence-electron chi connectivity index (χ3n) is 1.57. The molecule has 0 aliphatic rings. The van der Waals surface area contributed by atoms with Crippen LogP contribution in [0, 0.1) is 5.82 Å². The zero-order valence-corrected chi connectivity index (χ0v) is 9.21. The Kier molecular flexibility index (Phi) is 3.78. The lowest BCUT2D eigenvalue weighted by Crippen LogP contribution is -2.03. The number of hydrogen-bond acceptors (Lipinski definition) is 1. The molecule has 4 heteroatoms. The molecule has 0 spiro atoms. The van der Waals surface area contributed by atoms with Crippen LogP contribution in [0.1, 0.15) is 6.92 Å². The van der Waals surface area contributed by atoms with Gasteiger partial charge in [0, 0.05) is 6.54 Å². The lowest BCUT2D eigenvalue weighted by molar-refractivity contribution is 0.628. The van der Waals surface area contributed by atoms with E-state index in [9.17, 15) is 4.39 Å². The van der Waals surface area contributed by atoms with Crippen LogP contribution >= 0.6 is 23.2 Å². The molecule has 0 amide bonds. The molecule has 0 aliphatic carbocycles. The predicted octanol–water partition coefficient (Wildman–Crippen LogP) is 4.12. The second-order valence-corrected chi connectivity index (χ2v) is 3.87. The van der Waals surface area contributed by atoms with Gasteiger partial charge in [-0.2, -0.15) is 0 Å². The highest BCUT2D eigenvalue weighted by Gasteiger charge is 2.07. The van der Waals surface area contributed by atoms with Gasteiger partial charge in [-0.3, -0.25) is 0 Å². The van der Waals surface area contributed by atoms with E-state index in [2.05, 4.69) is 11.9 Å². The first kappa shape index (κ1) is 11.3. The average Bonchev–Trinajstić information content (AvgIpc) is 2.01. The highest BCUT2D eigenvalue weighted by Crippen LogP contribution is 2.31. The van der Waals surface area contributed by atoms with Gasteiger partial charge in [0.2, 0.25) is 0 Å². The number of anilines is 1. The summed E-state index contributed by atoms with van der Waals surface area (Å²) in [5, 5.41) is 3.53. The molecule has 0 aromatic heterocycles. The van der Waals surface area contributed by atoms with Crippen molar-refractivity contribution in [2.75, 3.05) is 11.9 Å². The molecule has 1 rings (SSSR count). The Morgan fingerprint density at radius 3 is 2.36 bits per heavy atom. The van der Waals surface area contributed by atoms with Crippen LogP contribution in [-0.2, 0) is 0 Å². The fourth-order valence-electron chi connectivity index (χ4n) is 0.950. The van der Waals surface area contributed by atoms with Gasteiger partial charge >= 0.3 is 0 Å². The minimum atomic E-state index is -0.444. The molecule has 0 bridgehead atoms. The summed E-state index contributed by atoms with van der Waals surface area (Å²) in [5.41, 5.74) is 1.49. The molecule has 0 unspecified atom stereocenters. The van der Waals surface area contributed by atoms with Gasteiger partial charge in [0.1, 0.15) is 5.82 Å². The second kappa shape index (κ2) is 4.67. The van der Waals surface area contributed by atoms with Gasteiger partial charge in [-0.05, 0) is 19.1 Å². The van der Waals surface area contributed by atoms with Crippen LogP contribution in [0.5, 0.6) is 0 Å². The van der Waals surface area contributed by atoms with Crippen LogP contribution in [0.4, 0.5) is 10.1 Å². The molecule has 1 aromatic rings. The second-order valence-electron chi connectivity index (χ2n) is 3.06. The van der Waals surface area contributed by atoms with Gasteiger partial charge in [-0.1, -0.05) is 35.4 Å². The van der Waals surface area contributed by atoms with Crippen molar-refractivity contribution in [3.05, 3.63) is 40.1 Å². The number of rotatable bonds is 3. The first-order valence-corrected chi connectivity index (χ1v) is 4.79. The molecule has 0 fully saturated rings. The lowest BCUT2D eigenvalue weighted by atomic mass is 10.3. The number of hydrogen-bond donors (Lipinski definition) is 1. The molecular formula is C10H10Cl2FN. The Bertz CT molecular complexity index is 340. The number of halogens is 3. The Morgan fingerprint density at radius 1 is 1.43 bits per heavy atom. The standard InChI is InChI=1S/C10H10Cl2FN/c1-6(2)5-14-10-8(11)3-7(13)4-9(10)12/h3-4,14H,1,5H2,2H3. The van der Waals surface area contributed by atoms with E-state index in [1.807, 2.05) is 6.92 Å². The molecule has 1 nitrogen and oxygen atoms in total. The van der Waals surface area contributed by atoms with Crippen molar-refractivity contribution in [1.82, 2.24) is 0 Å². The summed E-state index contributed by atoms with van der Waals surface area (Å²) >= 11 is 11.6. The maximum absolute atomic E-state index is 12.8. The van der Waals surface area contributed by atoms with E-state index in [1.165, 1.54) is 12.1 Å². The van der Waals surface area contributed by atoms with Gasteiger partial charge in [0.15, 0.2) is 0 Å². The first-order chi connectivity index (χ1) is 6.50. The Labute approximate surface area is 92.5 Å². The third-order valence-corrected chi connectivity index (χ3v) is 2.17. The van der Waals surface area contributed by atoms with Crippen molar-refractivity contribution in [2.45, 2.75) is 6.92 Å². The van der Waals surface area contributed by atoms with E-state index in [0.29, 0.717) is 12.2 Å². The Hall–Kier alpha value is -0.730. The number of nitrogens with one attached hydrogen (secondary N) is 1. The van der Waals surface area contributed by atoms with Crippen molar-refractivity contribution in [2.24, 2.45) is 0 Å². The van der Waals surface area contributed by atoms with Crippen molar-refractivity contribution in [3.8, 4) is 0 Å². The topological polar surface area (TPSA) is 12.0 Å².